The highest BCUT2D eigenvalue weighted by atomic mass is 32.2. The predicted octanol–water partition coefficient (Wildman–Crippen LogP) is 0.571. The summed E-state index contributed by atoms with van der Waals surface area (Å²) in [4.78, 5) is 4.00. The highest BCUT2D eigenvalue weighted by Crippen LogP contribution is 2.21. The van der Waals surface area contributed by atoms with Crippen LogP contribution in [0.2, 0.25) is 0 Å². The minimum absolute atomic E-state index is 0.00908. The lowest BCUT2D eigenvalue weighted by Crippen LogP contribution is -2.57. The summed E-state index contributed by atoms with van der Waals surface area (Å²) >= 11 is 0. The Morgan fingerprint density at radius 2 is 2.16 bits per heavy atom. The van der Waals surface area contributed by atoms with E-state index >= 15 is 0 Å². The van der Waals surface area contributed by atoms with Gasteiger partial charge in [-0.15, -0.1) is 0 Å². The third kappa shape index (κ3) is 2.82. The smallest absolute Gasteiger partial charge is 0.262 e. The van der Waals surface area contributed by atoms with Gasteiger partial charge in [0.05, 0.1) is 6.33 Å². The summed E-state index contributed by atoms with van der Waals surface area (Å²) in [5, 5.41) is 3.54. The number of hydrogen-bond acceptors (Lipinski definition) is 4. The van der Waals surface area contributed by atoms with Crippen molar-refractivity contribution in [1.82, 2.24) is 19.2 Å². The molecule has 19 heavy (non-hydrogen) atoms. The molecule has 2 atom stereocenters. The Bertz CT molecular complexity index is 526. The number of piperazine rings is 1. The molecule has 7 heteroatoms. The Balaban J connectivity index is 2.30. The van der Waals surface area contributed by atoms with Crippen LogP contribution in [-0.4, -0.2) is 47.4 Å². The van der Waals surface area contributed by atoms with Crippen LogP contribution < -0.4 is 5.32 Å². The van der Waals surface area contributed by atoms with Gasteiger partial charge >= 0.3 is 0 Å². The largest absolute Gasteiger partial charge is 0.339 e. The molecule has 0 radical (unpaired) electrons. The molecule has 0 saturated carbocycles. The first-order valence-corrected chi connectivity index (χ1v) is 8.16. The third-order valence-corrected chi connectivity index (χ3v) is 5.47. The van der Waals surface area contributed by atoms with Crippen molar-refractivity contribution in [1.29, 1.82) is 0 Å². The Hall–Kier alpha value is -0.920. The molecule has 1 aliphatic rings. The molecule has 0 aliphatic carbocycles. The van der Waals surface area contributed by atoms with Crippen LogP contribution >= 0.6 is 0 Å². The van der Waals surface area contributed by atoms with Crippen molar-refractivity contribution >= 4 is 10.0 Å². The van der Waals surface area contributed by atoms with E-state index in [-0.39, 0.29) is 17.1 Å². The predicted molar refractivity (Wildman–Crippen MR) is 73.3 cm³/mol. The van der Waals surface area contributed by atoms with Gasteiger partial charge in [0.1, 0.15) is 0 Å². The van der Waals surface area contributed by atoms with Crippen molar-refractivity contribution in [2.75, 3.05) is 13.1 Å². The second-order valence-corrected chi connectivity index (χ2v) is 6.87. The lowest BCUT2D eigenvalue weighted by atomic mass is 10.1. The summed E-state index contributed by atoms with van der Waals surface area (Å²) in [7, 11) is -1.71. The molecule has 1 aromatic rings. The molecule has 108 valence electrons. The number of hydrogen-bond donors (Lipinski definition) is 1. The average molecular weight is 286 g/mol. The third-order valence-electron chi connectivity index (χ3n) is 3.67. The summed E-state index contributed by atoms with van der Waals surface area (Å²) in [5.41, 5.74) is 0. The molecule has 1 saturated heterocycles. The van der Waals surface area contributed by atoms with E-state index in [1.807, 2.05) is 6.92 Å². The van der Waals surface area contributed by atoms with Crippen LogP contribution in [-0.2, 0) is 17.1 Å². The summed E-state index contributed by atoms with van der Waals surface area (Å²) in [5.74, 6) is 0. The highest BCUT2D eigenvalue weighted by molar-refractivity contribution is 7.89. The Labute approximate surface area is 114 Å². The van der Waals surface area contributed by atoms with Crippen molar-refractivity contribution in [3.63, 3.8) is 0 Å². The zero-order valence-corrected chi connectivity index (χ0v) is 12.5. The molecule has 0 aromatic carbocycles. The van der Waals surface area contributed by atoms with Crippen molar-refractivity contribution in [3.8, 4) is 0 Å². The summed E-state index contributed by atoms with van der Waals surface area (Å²) in [6, 6.07) is 0.232. The molecule has 2 rings (SSSR count). The van der Waals surface area contributed by atoms with Gasteiger partial charge in [0, 0.05) is 38.4 Å². The summed E-state index contributed by atoms with van der Waals surface area (Å²) in [6.45, 7) is 5.31. The lowest BCUT2D eigenvalue weighted by molar-refractivity contribution is 0.215. The normalized spacial score (nSPS) is 25.6. The van der Waals surface area contributed by atoms with E-state index in [9.17, 15) is 8.42 Å². The molecule has 0 bridgehead atoms. The zero-order chi connectivity index (χ0) is 14.0. The molecule has 2 heterocycles. The lowest BCUT2D eigenvalue weighted by Gasteiger charge is -2.38. The van der Waals surface area contributed by atoms with Gasteiger partial charge in [-0.05, 0) is 12.8 Å². The van der Waals surface area contributed by atoms with Crippen LogP contribution in [0.1, 0.15) is 26.7 Å². The molecule has 0 amide bonds. The molecular formula is C12H22N4O2S. The van der Waals surface area contributed by atoms with E-state index in [1.54, 1.807) is 22.1 Å². The van der Waals surface area contributed by atoms with E-state index in [4.69, 9.17) is 0 Å². The van der Waals surface area contributed by atoms with Crippen LogP contribution in [0.5, 0.6) is 0 Å². The van der Waals surface area contributed by atoms with Gasteiger partial charge < -0.3 is 9.88 Å². The zero-order valence-electron chi connectivity index (χ0n) is 11.7. The maximum Gasteiger partial charge on any atom is 0.262 e. The van der Waals surface area contributed by atoms with Gasteiger partial charge in [-0.1, -0.05) is 13.8 Å². The number of imidazole rings is 1. The fourth-order valence-electron chi connectivity index (χ4n) is 2.39. The summed E-state index contributed by atoms with van der Waals surface area (Å²) < 4.78 is 28.6. The monoisotopic (exact) mass is 286 g/mol. The Morgan fingerprint density at radius 1 is 1.42 bits per heavy atom. The number of nitrogens with one attached hydrogen (secondary N) is 1. The first-order valence-electron chi connectivity index (χ1n) is 6.72. The topological polar surface area (TPSA) is 67.2 Å². The van der Waals surface area contributed by atoms with Crippen LogP contribution in [0.3, 0.4) is 0 Å². The number of nitrogens with zero attached hydrogens (tertiary/aromatic N) is 3. The number of aromatic nitrogens is 2. The van der Waals surface area contributed by atoms with Gasteiger partial charge in [-0.2, -0.15) is 4.31 Å². The maximum absolute atomic E-state index is 12.7. The highest BCUT2D eigenvalue weighted by Gasteiger charge is 2.36. The van der Waals surface area contributed by atoms with Gasteiger partial charge in [0.15, 0.2) is 5.03 Å². The molecule has 6 nitrogen and oxygen atoms in total. The van der Waals surface area contributed by atoms with Gasteiger partial charge in [0.2, 0.25) is 0 Å². The van der Waals surface area contributed by atoms with E-state index in [2.05, 4.69) is 17.2 Å². The minimum Gasteiger partial charge on any atom is -0.339 e. The standard InChI is InChI=1S/C12H22N4O2S/c1-4-10-7-16(11(5-2)6-13-10)19(17,18)12-8-15(3)9-14-12/h8-11,13H,4-7H2,1-3H3. The molecule has 1 aromatic heterocycles. The molecule has 1 aliphatic heterocycles. The number of aryl methyl sites for hydroxylation is 1. The van der Waals surface area contributed by atoms with Gasteiger partial charge in [-0.25, -0.2) is 13.4 Å². The SMILES string of the molecule is CCC1CN(S(=O)(=O)c2cn(C)cn2)C(CC)CN1. The van der Waals surface area contributed by atoms with Gasteiger partial charge in [-0.3, -0.25) is 0 Å². The summed E-state index contributed by atoms with van der Waals surface area (Å²) in [6.07, 6.45) is 4.80. The fourth-order valence-corrected chi connectivity index (χ4v) is 4.11. The first kappa shape index (κ1) is 14.5. The van der Waals surface area contributed by atoms with Crippen LogP contribution in [0.25, 0.3) is 0 Å². The number of rotatable bonds is 4. The average Bonchev–Trinajstić information content (AvgIpc) is 2.85. The van der Waals surface area contributed by atoms with E-state index in [0.29, 0.717) is 13.1 Å². The Morgan fingerprint density at radius 3 is 2.68 bits per heavy atom. The minimum atomic E-state index is -3.48. The van der Waals surface area contributed by atoms with Crippen LogP contribution in [0.15, 0.2) is 17.6 Å². The molecular weight excluding hydrogens is 264 g/mol. The number of sulfonamides is 1. The molecule has 2 unspecified atom stereocenters. The van der Waals surface area contributed by atoms with Crippen molar-refractivity contribution in [3.05, 3.63) is 12.5 Å². The second-order valence-electron chi connectivity index (χ2n) is 5.03. The van der Waals surface area contributed by atoms with Crippen molar-refractivity contribution in [2.24, 2.45) is 7.05 Å². The molecule has 1 N–H and O–H groups in total. The second kappa shape index (κ2) is 5.60. The molecule has 0 spiro atoms. The van der Waals surface area contributed by atoms with E-state index < -0.39 is 10.0 Å². The van der Waals surface area contributed by atoms with E-state index in [0.717, 1.165) is 12.8 Å². The maximum atomic E-state index is 12.7. The van der Waals surface area contributed by atoms with E-state index in [1.165, 1.54) is 6.33 Å². The van der Waals surface area contributed by atoms with Gasteiger partial charge in [0.25, 0.3) is 10.0 Å². The molecule has 1 fully saturated rings. The quantitative estimate of drug-likeness (QED) is 0.879. The first-order chi connectivity index (χ1) is 8.98. The Kier molecular flexibility index (Phi) is 4.27. The fraction of sp³-hybridized carbons (Fsp3) is 0.750. The van der Waals surface area contributed by atoms with Crippen LogP contribution in [0.4, 0.5) is 0 Å². The van der Waals surface area contributed by atoms with Crippen LogP contribution in [0, 0.1) is 0 Å². The van der Waals surface area contributed by atoms with Crippen molar-refractivity contribution in [2.45, 2.75) is 43.8 Å². The van der Waals surface area contributed by atoms with Crippen molar-refractivity contribution < 1.29 is 8.42 Å².